The molecule has 1 aromatic heterocycles. The average Bonchev–Trinajstić information content (AvgIpc) is 2.14. The van der Waals surface area contributed by atoms with Gasteiger partial charge in [0.25, 0.3) is 6.43 Å². The number of aromatic nitrogens is 2. The molecule has 0 aromatic carbocycles. The third-order valence-electron chi connectivity index (χ3n) is 1.99. The minimum absolute atomic E-state index is 0.304. The summed E-state index contributed by atoms with van der Waals surface area (Å²) in [5.74, 6) is 1.16. The zero-order valence-corrected chi connectivity index (χ0v) is 10.8. The van der Waals surface area contributed by atoms with Crippen LogP contribution in [0.4, 0.5) is 14.6 Å². The monoisotopic (exact) mass is 293 g/mol. The van der Waals surface area contributed by atoms with Crippen LogP contribution < -0.4 is 4.90 Å². The summed E-state index contributed by atoms with van der Waals surface area (Å²) in [5.41, 5.74) is 0.788. The van der Waals surface area contributed by atoms with Gasteiger partial charge in [0.15, 0.2) is 0 Å². The molecule has 1 rings (SSSR count). The number of hydrogen-bond acceptors (Lipinski definition) is 3. The molecule has 0 spiro atoms. The van der Waals surface area contributed by atoms with Crippen molar-refractivity contribution in [3.05, 3.63) is 17.6 Å². The quantitative estimate of drug-likeness (QED) is 0.782. The molecule has 0 atom stereocenters. The smallest absolute Gasteiger partial charge is 0.255 e. The van der Waals surface area contributed by atoms with Gasteiger partial charge in [0.05, 0.1) is 6.54 Å². The van der Waals surface area contributed by atoms with Crippen LogP contribution in [0.3, 0.4) is 0 Å². The van der Waals surface area contributed by atoms with Crippen molar-refractivity contribution in [2.75, 3.05) is 23.3 Å². The minimum Gasteiger partial charge on any atom is -0.350 e. The molecule has 0 aliphatic heterocycles. The number of anilines is 1. The van der Waals surface area contributed by atoms with Crippen molar-refractivity contribution in [3.8, 4) is 0 Å². The van der Waals surface area contributed by atoms with E-state index in [1.165, 1.54) is 0 Å². The first-order valence-corrected chi connectivity index (χ1v) is 6.06. The number of hydrogen-bond donors (Lipinski definition) is 0. The maximum absolute atomic E-state index is 12.4. The first kappa shape index (κ1) is 13.3. The van der Waals surface area contributed by atoms with E-state index in [9.17, 15) is 8.78 Å². The summed E-state index contributed by atoms with van der Waals surface area (Å²) in [5, 5.41) is 0.627. The van der Waals surface area contributed by atoms with Gasteiger partial charge in [-0.1, -0.05) is 15.9 Å². The second kappa shape index (κ2) is 6.08. The molecular weight excluding hydrogens is 280 g/mol. The van der Waals surface area contributed by atoms with Gasteiger partial charge in [0, 0.05) is 23.6 Å². The predicted molar refractivity (Wildman–Crippen MR) is 63.5 cm³/mol. The van der Waals surface area contributed by atoms with Crippen LogP contribution in [0.1, 0.15) is 11.5 Å². The van der Waals surface area contributed by atoms with Crippen LogP contribution in [0.5, 0.6) is 0 Å². The summed E-state index contributed by atoms with van der Waals surface area (Å²) >= 11 is 3.24. The highest BCUT2D eigenvalue weighted by atomic mass is 79.9. The molecule has 0 radical (unpaired) electrons. The van der Waals surface area contributed by atoms with Crippen molar-refractivity contribution in [2.45, 2.75) is 20.3 Å². The number of aryl methyl sites for hydroxylation is 2. The Bertz CT molecular complexity index is 327. The van der Waals surface area contributed by atoms with Crippen molar-refractivity contribution in [1.29, 1.82) is 0 Å². The lowest BCUT2D eigenvalue weighted by Crippen LogP contribution is -2.31. The van der Waals surface area contributed by atoms with E-state index in [2.05, 4.69) is 25.9 Å². The molecule has 0 saturated carbocycles. The van der Waals surface area contributed by atoms with E-state index in [4.69, 9.17) is 0 Å². The topological polar surface area (TPSA) is 29.0 Å². The molecule has 16 heavy (non-hydrogen) atoms. The minimum atomic E-state index is -2.37. The largest absolute Gasteiger partial charge is 0.350 e. The Labute approximate surface area is 102 Å². The van der Waals surface area contributed by atoms with Crippen molar-refractivity contribution < 1.29 is 8.78 Å². The lowest BCUT2D eigenvalue weighted by Gasteiger charge is -2.22. The van der Waals surface area contributed by atoms with Gasteiger partial charge in [0.1, 0.15) is 11.6 Å². The van der Waals surface area contributed by atoms with Crippen molar-refractivity contribution in [2.24, 2.45) is 0 Å². The van der Waals surface area contributed by atoms with Crippen LogP contribution in [0.2, 0.25) is 0 Å². The molecule has 0 amide bonds. The molecule has 0 fully saturated rings. The summed E-state index contributed by atoms with van der Waals surface area (Å²) in [6.45, 7) is 3.78. The van der Waals surface area contributed by atoms with Crippen LogP contribution in [0, 0.1) is 13.8 Å². The fourth-order valence-electron chi connectivity index (χ4n) is 1.43. The Morgan fingerprint density at radius 2 is 2.06 bits per heavy atom. The SMILES string of the molecule is Cc1cc(N(CCBr)CC(F)F)nc(C)n1. The lowest BCUT2D eigenvalue weighted by molar-refractivity contribution is 0.155. The maximum atomic E-state index is 12.4. The Hall–Kier alpha value is -0.780. The van der Waals surface area contributed by atoms with Gasteiger partial charge in [-0.25, -0.2) is 18.7 Å². The Balaban J connectivity index is 2.90. The van der Waals surface area contributed by atoms with Gasteiger partial charge in [-0.2, -0.15) is 0 Å². The highest BCUT2D eigenvalue weighted by molar-refractivity contribution is 9.09. The molecule has 3 nitrogen and oxygen atoms in total. The Kier molecular flexibility index (Phi) is 5.05. The number of nitrogens with zero attached hydrogens (tertiary/aromatic N) is 3. The zero-order chi connectivity index (χ0) is 12.1. The maximum Gasteiger partial charge on any atom is 0.255 e. The average molecular weight is 294 g/mol. The van der Waals surface area contributed by atoms with Crippen LogP contribution >= 0.6 is 15.9 Å². The third kappa shape index (κ3) is 4.00. The second-order valence-corrected chi connectivity index (χ2v) is 4.23. The Morgan fingerprint density at radius 1 is 1.38 bits per heavy atom. The van der Waals surface area contributed by atoms with Crippen LogP contribution in [-0.2, 0) is 0 Å². The summed E-state index contributed by atoms with van der Waals surface area (Å²) in [6.07, 6.45) is -2.37. The standard InChI is InChI=1S/C10H14BrF2N3/c1-7-5-10(15-8(2)14-7)16(4-3-11)6-9(12)13/h5,9H,3-4,6H2,1-2H3. The van der Waals surface area contributed by atoms with Crippen molar-refractivity contribution in [1.82, 2.24) is 9.97 Å². The Morgan fingerprint density at radius 3 is 2.56 bits per heavy atom. The molecule has 90 valence electrons. The van der Waals surface area contributed by atoms with Gasteiger partial charge in [-0.05, 0) is 13.8 Å². The highest BCUT2D eigenvalue weighted by Crippen LogP contribution is 2.14. The van der Waals surface area contributed by atoms with E-state index in [1.807, 2.05) is 6.92 Å². The van der Waals surface area contributed by atoms with Gasteiger partial charge in [-0.3, -0.25) is 0 Å². The van der Waals surface area contributed by atoms with Crippen LogP contribution in [0.15, 0.2) is 6.07 Å². The molecule has 0 bridgehead atoms. The van der Waals surface area contributed by atoms with Crippen molar-refractivity contribution in [3.63, 3.8) is 0 Å². The number of rotatable bonds is 5. The molecule has 0 unspecified atom stereocenters. The van der Waals surface area contributed by atoms with E-state index in [1.54, 1.807) is 17.9 Å². The zero-order valence-electron chi connectivity index (χ0n) is 9.25. The molecule has 0 aliphatic rings. The molecule has 1 heterocycles. The van der Waals surface area contributed by atoms with E-state index < -0.39 is 6.43 Å². The van der Waals surface area contributed by atoms with Gasteiger partial charge in [-0.15, -0.1) is 0 Å². The highest BCUT2D eigenvalue weighted by Gasteiger charge is 2.14. The molecule has 6 heteroatoms. The van der Waals surface area contributed by atoms with Gasteiger partial charge in [0.2, 0.25) is 0 Å². The fourth-order valence-corrected chi connectivity index (χ4v) is 1.86. The summed E-state index contributed by atoms with van der Waals surface area (Å²) in [7, 11) is 0. The van der Waals surface area contributed by atoms with Crippen LogP contribution in [-0.4, -0.2) is 34.8 Å². The summed E-state index contributed by atoms with van der Waals surface area (Å²) in [6, 6.07) is 1.72. The molecule has 1 aromatic rings. The van der Waals surface area contributed by atoms with E-state index in [0.29, 0.717) is 23.5 Å². The third-order valence-corrected chi connectivity index (χ3v) is 2.34. The van der Waals surface area contributed by atoms with Crippen LogP contribution in [0.25, 0.3) is 0 Å². The summed E-state index contributed by atoms with van der Waals surface area (Å²) < 4.78 is 24.8. The second-order valence-electron chi connectivity index (χ2n) is 3.44. The number of halogens is 3. The molecular formula is C10H14BrF2N3. The molecule has 0 N–H and O–H groups in total. The molecule has 0 saturated heterocycles. The van der Waals surface area contributed by atoms with Gasteiger partial charge < -0.3 is 4.90 Å². The van der Waals surface area contributed by atoms with Crippen molar-refractivity contribution >= 4 is 21.7 Å². The molecule has 0 aliphatic carbocycles. The van der Waals surface area contributed by atoms with E-state index >= 15 is 0 Å². The normalized spacial score (nSPS) is 10.9. The van der Waals surface area contributed by atoms with Gasteiger partial charge >= 0.3 is 0 Å². The van der Waals surface area contributed by atoms with E-state index in [0.717, 1.165) is 5.69 Å². The number of alkyl halides is 3. The predicted octanol–water partition coefficient (Wildman–Crippen LogP) is 2.56. The first-order valence-electron chi connectivity index (χ1n) is 4.94. The first-order chi connectivity index (χ1) is 7.52. The lowest BCUT2D eigenvalue weighted by atomic mass is 10.3. The fraction of sp³-hybridized carbons (Fsp3) is 0.600. The summed E-state index contributed by atoms with van der Waals surface area (Å²) in [4.78, 5) is 9.84. The van der Waals surface area contributed by atoms with E-state index in [-0.39, 0.29) is 6.54 Å².